The lowest BCUT2D eigenvalue weighted by Gasteiger charge is -2.13. The number of anilines is 1. The van der Waals surface area contributed by atoms with Crippen LogP contribution in [0.5, 0.6) is 5.88 Å². The normalized spacial score (nSPS) is 17.2. The predicted octanol–water partition coefficient (Wildman–Crippen LogP) is 2.75. The lowest BCUT2D eigenvalue weighted by molar-refractivity contribution is 0.200. The summed E-state index contributed by atoms with van der Waals surface area (Å²) in [5.41, 5.74) is 5.59. The van der Waals surface area contributed by atoms with E-state index in [4.69, 9.17) is 10.5 Å². The maximum absolute atomic E-state index is 5.75. The molecule has 0 aliphatic heterocycles. The van der Waals surface area contributed by atoms with Crippen molar-refractivity contribution in [2.45, 2.75) is 31.8 Å². The van der Waals surface area contributed by atoms with E-state index in [1.807, 2.05) is 6.07 Å². The van der Waals surface area contributed by atoms with Crippen LogP contribution in [0, 0.1) is 0 Å². The maximum atomic E-state index is 5.75. The molecule has 4 heteroatoms. The Morgan fingerprint density at radius 1 is 1.36 bits per heavy atom. The first kappa shape index (κ1) is 9.77. The maximum Gasteiger partial charge on any atom is 0.230 e. The molecule has 1 aliphatic rings. The number of nitrogens with zero attached hydrogens (tertiary/aromatic N) is 1. The van der Waals surface area contributed by atoms with Gasteiger partial charge in [0.25, 0.3) is 0 Å². The molecular formula is C10H13BrN2O. The molecule has 0 amide bonds. The van der Waals surface area contributed by atoms with Crippen molar-refractivity contribution < 1.29 is 4.74 Å². The smallest absolute Gasteiger partial charge is 0.230 e. The summed E-state index contributed by atoms with van der Waals surface area (Å²) in [6.07, 6.45) is 5.08. The fraction of sp³-hybridized carbons (Fsp3) is 0.500. The summed E-state index contributed by atoms with van der Waals surface area (Å²) in [6, 6.07) is 3.62. The molecule has 1 aromatic rings. The average molecular weight is 257 g/mol. The van der Waals surface area contributed by atoms with Gasteiger partial charge in [-0.05, 0) is 53.7 Å². The number of hydrogen-bond acceptors (Lipinski definition) is 3. The Morgan fingerprint density at radius 2 is 2.07 bits per heavy atom. The summed E-state index contributed by atoms with van der Waals surface area (Å²) < 4.78 is 6.62. The van der Waals surface area contributed by atoms with Gasteiger partial charge in [0, 0.05) is 0 Å². The zero-order valence-electron chi connectivity index (χ0n) is 7.87. The zero-order chi connectivity index (χ0) is 9.97. The largest absolute Gasteiger partial charge is 0.474 e. The van der Waals surface area contributed by atoms with Crippen molar-refractivity contribution in [3.63, 3.8) is 0 Å². The van der Waals surface area contributed by atoms with Gasteiger partial charge in [-0.15, -0.1) is 0 Å². The van der Waals surface area contributed by atoms with Crippen LogP contribution in [0.15, 0.2) is 16.6 Å². The number of nitrogen functional groups attached to an aromatic ring is 1. The Labute approximate surface area is 91.8 Å². The molecule has 0 aromatic carbocycles. The van der Waals surface area contributed by atoms with Crippen molar-refractivity contribution in [1.82, 2.24) is 4.98 Å². The number of nitrogens with two attached hydrogens (primary N) is 1. The molecular weight excluding hydrogens is 244 g/mol. The SMILES string of the molecule is Nc1ccc(Br)c(OC2CCCC2)n1. The lowest BCUT2D eigenvalue weighted by Crippen LogP contribution is -2.12. The first-order valence-corrected chi connectivity index (χ1v) is 5.63. The number of ether oxygens (including phenoxy) is 1. The van der Waals surface area contributed by atoms with Gasteiger partial charge in [0.2, 0.25) is 5.88 Å². The lowest BCUT2D eigenvalue weighted by atomic mass is 10.3. The fourth-order valence-electron chi connectivity index (χ4n) is 1.68. The van der Waals surface area contributed by atoms with Crippen LogP contribution in [0.4, 0.5) is 5.82 Å². The summed E-state index contributed by atoms with van der Waals surface area (Å²) in [5, 5.41) is 0. The predicted molar refractivity (Wildman–Crippen MR) is 59.2 cm³/mol. The van der Waals surface area contributed by atoms with Gasteiger partial charge in [-0.3, -0.25) is 0 Å². The van der Waals surface area contributed by atoms with E-state index >= 15 is 0 Å². The second-order valence-corrected chi connectivity index (χ2v) is 4.40. The Hall–Kier alpha value is -0.770. The Morgan fingerprint density at radius 3 is 2.79 bits per heavy atom. The fourth-order valence-corrected chi connectivity index (χ4v) is 2.00. The summed E-state index contributed by atoms with van der Waals surface area (Å²) >= 11 is 3.39. The van der Waals surface area contributed by atoms with Crippen molar-refractivity contribution in [3.05, 3.63) is 16.6 Å². The topological polar surface area (TPSA) is 48.1 Å². The van der Waals surface area contributed by atoms with Crippen LogP contribution >= 0.6 is 15.9 Å². The summed E-state index contributed by atoms with van der Waals surface area (Å²) in [6.45, 7) is 0. The van der Waals surface area contributed by atoms with E-state index in [2.05, 4.69) is 20.9 Å². The molecule has 0 radical (unpaired) electrons. The first-order valence-electron chi connectivity index (χ1n) is 4.84. The Kier molecular flexibility index (Phi) is 2.91. The molecule has 0 saturated heterocycles. The number of halogens is 1. The standard InChI is InChI=1S/C10H13BrN2O/c11-8-5-6-9(12)13-10(8)14-7-3-1-2-4-7/h5-7H,1-4H2,(H2,12,13). The number of hydrogen-bond donors (Lipinski definition) is 1. The van der Waals surface area contributed by atoms with Crippen LogP contribution in [0.25, 0.3) is 0 Å². The van der Waals surface area contributed by atoms with E-state index in [0.29, 0.717) is 17.8 Å². The molecule has 0 unspecified atom stereocenters. The molecule has 2 N–H and O–H groups in total. The number of pyridine rings is 1. The molecule has 1 heterocycles. The van der Waals surface area contributed by atoms with Gasteiger partial charge in [0.1, 0.15) is 11.9 Å². The summed E-state index contributed by atoms with van der Waals surface area (Å²) in [7, 11) is 0. The van der Waals surface area contributed by atoms with E-state index in [0.717, 1.165) is 17.3 Å². The van der Waals surface area contributed by atoms with Gasteiger partial charge in [-0.1, -0.05) is 0 Å². The van der Waals surface area contributed by atoms with E-state index in [1.165, 1.54) is 12.8 Å². The zero-order valence-corrected chi connectivity index (χ0v) is 9.46. The highest BCUT2D eigenvalue weighted by atomic mass is 79.9. The van der Waals surface area contributed by atoms with Crippen molar-refractivity contribution in [3.8, 4) is 5.88 Å². The third-order valence-corrected chi connectivity index (χ3v) is 3.02. The highest BCUT2D eigenvalue weighted by Crippen LogP contribution is 2.28. The number of rotatable bonds is 2. The van der Waals surface area contributed by atoms with Crippen LogP contribution in [-0.4, -0.2) is 11.1 Å². The van der Waals surface area contributed by atoms with Gasteiger partial charge in [0.15, 0.2) is 0 Å². The number of aromatic nitrogens is 1. The molecule has 14 heavy (non-hydrogen) atoms. The molecule has 1 saturated carbocycles. The van der Waals surface area contributed by atoms with Crippen LogP contribution in [-0.2, 0) is 0 Å². The van der Waals surface area contributed by atoms with E-state index in [9.17, 15) is 0 Å². The quantitative estimate of drug-likeness (QED) is 0.886. The molecule has 1 fully saturated rings. The molecule has 0 spiro atoms. The molecule has 1 aliphatic carbocycles. The van der Waals surface area contributed by atoms with Gasteiger partial charge < -0.3 is 10.5 Å². The van der Waals surface area contributed by atoms with E-state index in [-0.39, 0.29) is 0 Å². The van der Waals surface area contributed by atoms with Crippen molar-refractivity contribution in [2.24, 2.45) is 0 Å². The minimum Gasteiger partial charge on any atom is -0.474 e. The van der Waals surface area contributed by atoms with Gasteiger partial charge in [0.05, 0.1) is 4.47 Å². The molecule has 0 bridgehead atoms. The third kappa shape index (κ3) is 2.18. The average Bonchev–Trinajstić information content (AvgIpc) is 2.64. The van der Waals surface area contributed by atoms with Gasteiger partial charge in [-0.2, -0.15) is 4.98 Å². The monoisotopic (exact) mass is 256 g/mol. The first-order chi connectivity index (χ1) is 6.75. The molecule has 76 valence electrons. The summed E-state index contributed by atoms with van der Waals surface area (Å²) in [4.78, 5) is 4.14. The van der Waals surface area contributed by atoms with Gasteiger partial charge >= 0.3 is 0 Å². The third-order valence-electron chi connectivity index (χ3n) is 2.42. The molecule has 0 atom stereocenters. The van der Waals surface area contributed by atoms with Crippen LogP contribution < -0.4 is 10.5 Å². The van der Waals surface area contributed by atoms with E-state index < -0.39 is 0 Å². The van der Waals surface area contributed by atoms with Gasteiger partial charge in [-0.25, -0.2) is 0 Å². The minimum atomic E-state index is 0.320. The Bertz CT molecular complexity index is 324. The van der Waals surface area contributed by atoms with Crippen LogP contribution in [0.2, 0.25) is 0 Å². The molecule has 3 nitrogen and oxygen atoms in total. The highest BCUT2D eigenvalue weighted by Gasteiger charge is 2.18. The van der Waals surface area contributed by atoms with Crippen LogP contribution in [0.1, 0.15) is 25.7 Å². The van der Waals surface area contributed by atoms with E-state index in [1.54, 1.807) is 6.07 Å². The highest BCUT2D eigenvalue weighted by molar-refractivity contribution is 9.10. The molecule has 1 aromatic heterocycles. The minimum absolute atomic E-state index is 0.320. The van der Waals surface area contributed by atoms with Crippen LogP contribution in [0.3, 0.4) is 0 Å². The van der Waals surface area contributed by atoms with Crippen molar-refractivity contribution in [2.75, 3.05) is 5.73 Å². The second-order valence-electron chi connectivity index (χ2n) is 3.55. The Balaban J connectivity index is 2.10. The van der Waals surface area contributed by atoms with Crippen molar-refractivity contribution in [1.29, 1.82) is 0 Å². The van der Waals surface area contributed by atoms with Crippen molar-refractivity contribution >= 4 is 21.7 Å². The second kappa shape index (κ2) is 4.17. The molecule has 2 rings (SSSR count). The summed E-state index contributed by atoms with van der Waals surface area (Å²) in [5.74, 6) is 1.12.